The van der Waals surface area contributed by atoms with Gasteiger partial charge in [-0.05, 0) is 38.3 Å². The molecule has 8 heteroatoms. The van der Waals surface area contributed by atoms with Gasteiger partial charge in [-0.15, -0.1) is 0 Å². The van der Waals surface area contributed by atoms with Crippen molar-refractivity contribution in [1.29, 1.82) is 0 Å². The van der Waals surface area contributed by atoms with Crippen molar-refractivity contribution in [3.8, 4) is 11.4 Å². The highest BCUT2D eigenvalue weighted by molar-refractivity contribution is 5.71. The highest BCUT2D eigenvalue weighted by Crippen LogP contribution is 2.15. The number of nitrogens with one attached hydrogen (secondary N) is 2. The lowest BCUT2D eigenvalue weighted by Gasteiger charge is -2.15. The summed E-state index contributed by atoms with van der Waals surface area (Å²) in [5, 5.41) is 10.2. The second-order valence-electron chi connectivity index (χ2n) is 6.56. The molecule has 2 heterocycles. The summed E-state index contributed by atoms with van der Waals surface area (Å²) >= 11 is 0. The van der Waals surface area contributed by atoms with Crippen molar-refractivity contribution in [1.82, 2.24) is 25.1 Å². The minimum Gasteiger partial charge on any atom is -0.466 e. The van der Waals surface area contributed by atoms with E-state index >= 15 is 0 Å². The first-order valence-electron chi connectivity index (χ1n) is 9.25. The number of esters is 1. The van der Waals surface area contributed by atoms with Gasteiger partial charge in [0.25, 0.3) is 0 Å². The minimum absolute atomic E-state index is 0.0533. The zero-order valence-corrected chi connectivity index (χ0v) is 16.3. The Bertz CT molecular complexity index is 922. The van der Waals surface area contributed by atoms with E-state index in [9.17, 15) is 4.79 Å². The maximum atomic E-state index is 11.5. The summed E-state index contributed by atoms with van der Waals surface area (Å²) in [6.45, 7) is 6.31. The quantitative estimate of drug-likeness (QED) is 0.579. The maximum Gasteiger partial charge on any atom is 0.313 e. The van der Waals surface area contributed by atoms with E-state index in [2.05, 4.69) is 56.4 Å². The van der Waals surface area contributed by atoms with Gasteiger partial charge in [-0.3, -0.25) is 9.89 Å². The van der Waals surface area contributed by atoms with E-state index in [0.29, 0.717) is 29.8 Å². The Labute approximate surface area is 163 Å². The van der Waals surface area contributed by atoms with Crippen LogP contribution in [0.25, 0.3) is 11.4 Å². The summed E-state index contributed by atoms with van der Waals surface area (Å²) in [4.78, 5) is 24.5. The maximum absolute atomic E-state index is 11.5. The predicted molar refractivity (Wildman–Crippen MR) is 106 cm³/mol. The Morgan fingerprint density at radius 2 is 2.00 bits per heavy atom. The Morgan fingerprint density at radius 3 is 2.71 bits per heavy atom. The second kappa shape index (κ2) is 9.07. The molecule has 0 aliphatic rings. The predicted octanol–water partition coefficient (Wildman–Crippen LogP) is 2.72. The van der Waals surface area contributed by atoms with Crippen molar-refractivity contribution in [2.75, 3.05) is 11.9 Å². The molecule has 2 aromatic heterocycles. The van der Waals surface area contributed by atoms with Gasteiger partial charge < -0.3 is 10.1 Å². The van der Waals surface area contributed by atoms with Crippen molar-refractivity contribution >= 4 is 11.9 Å². The van der Waals surface area contributed by atoms with Crippen LogP contribution < -0.4 is 5.32 Å². The molecule has 2 N–H and O–H groups in total. The van der Waals surface area contributed by atoms with E-state index in [4.69, 9.17) is 4.74 Å². The number of hydrogen-bond acceptors (Lipinski definition) is 7. The van der Waals surface area contributed by atoms with Crippen molar-refractivity contribution in [2.45, 2.75) is 39.7 Å². The fraction of sp³-hybridized carbons (Fsp3) is 0.350. The molecule has 1 unspecified atom stereocenters. The summed E-state index contributed by atoms with van der Waals surface area (Å²) in [5.41, 5.74) is 3.24. The molecule has 0 radical (unpaired) electrons. The third-order valence-electron chi connectivity index (χ3n) is 4.22. The van der Waals surface area contributed by atoms with E-state index in [0.717, 1.165) is 6.42 Å². The second-order valence-corrected chi connectivity index (χ2v) is 6.56. The number of hydrogen-bond donors (Lipinski definition) is 2. The molecule has 0 amide bonds. The number of carbonyl (C=O) groups excluding carboxylic acids is 1. The van der Waals surface area contributed by atoms with Crippen molar-refractivity contribution in [3.63, 3.8) is 0 Å². The molecule has 1 aromatic carbocycles. The van der Waals surface area contributed by atoms with E-state index < -0.39 is 0 Å². The van der Waals surface area contributed by atoms with Gasteiger partial charge in [-0.2, -0.15) is 5.10 Å². The number of rotatable bonds is 8. The number of carbonyl (C=O) groups is 1. The number of anilines is 1. The normalized spacial score (nSPS) is 11.8. The van der Waals surface area contributed by atoms with Crippen LogP contribution in [-0.4, -0.2) is 43.8 Å². The van der Waals surface area contributed by atoms with Crippen molar-refractivity contribution in [2.24, 2.45) is 0 Å². The number of aromatic amines is 1. The average Bonchev–Trinajstić information content (AvgIpc) is 3.13. The SMILES string of the molecule is CCOC(=O)Cc1nc(-c2cnc(NC(C)Cc3ccccc3C)nc2)n[nH]1. The summed E-state index contributed by atoms with van der Waals surface area (Å²) in [6, 6.07) is 8.52. The van der Waals surface area contributed by atoms with E-state index in [1.807, 2.05) is 12.1 Å². The Balaban J connectivity index is 1.60. The molecule has 0 bridgehead atoms. The number of aromatic nitrogens is 5. The van der Waals surface area contributed by atoms with Crippen LogP contribution in [0.5, 0.6) is 0 Å². The molecular formula is C20H24N6O2. The van der Waals surface area contributed by atoms with Crippen molar-refractivity contribution < 1.29 is 9.53 Å². The van der Waals surface area contributed by atoms with Crippen LogP contribution in [0.3, 0.4) is 0 Å². The lowest BCUT2D eigenvalue weighted by Crippen LogP contribution is -2.20. The van der Waals surface area contributed by atoms with Crippen LogP contribution in [0.4, 0.5) is 5.95 Å². The number of H-pyrrole nitrogens is 1. The van der Waals surface area contributed by atoms with E-state index in [1.165, 1.54) is 11.1 Å². The highest BCUT2D eigenvalue weighted by atomic mass is 16.5. The molecule has 0 spiro atoms. The Hall–Kier alpha value is -3.29. The van der Waals surface area contributed by atoms with Crippen LogP contribution in [0.2, 0.25) is 0 Å². The smallest absolute Gasteiger partial charge is 0.313 e. The third-order valence-corrected chi connectivity index (χ3v) is 4.22. The van der Waals surface area contributed by atoms with Crippen LogP contribution >= 0.6 is 0 Å². The zero-order valence-electron chi connectivity index (χ0n) is 16.3. The summed E-state index contributed by atoms with van der Waals surface area (Å²) in [5.74, 6) is 1.09. The van der Waals surface area contributed by atoms with Gasteiger partial charge in [0.1, 0.15) is 12.2 Å². The molecule has 0 fully saturated rings. The van der Waals surface area contributed by atoms with Gasteiger partial charge in [0.2, 0.25) is 5.95 Å². The number of aryl methyl sites for hydroxylation is 1. The van der Waals surface area contributed by atoms with E-state index in [1.54, 1.807) is 19.3 Å². The van der Waals surface area contributed by atoms with E-state index in [-0.39, 0.29) is 18.4 Å². The van der Waals surface area contributed by atoms with Crippen molar-refractivity contribution in [3.05, 3.63) is 53.6 Å². The highest BCUT2D eigenvalue weighted by Gasteiger charge is 2.12. The number of ether oxygens (including phenoxy) is 1. The summed E-state index contributed by atoms with van der Waals surface area (Å²) in [7, 11) is 0. The molecule has 0 saturated heterocycles. The Morgan fingerprint density at radius 1 is 1.25 bits per heavy atom. The first-order valence-corrected chi connectivity index (χ1v) is 9.25. The fourth-order valence-electron chi connectivity index (χ4n) is 2.81. The molecule has 0 saturated carbocycles. The van der Waals surface area contributed by atoms with Crippen LogP contribution in [0.1, 0.15) is 30.8 Å². The van der Waals surface area contributed by atoms with Gasteiger partial charge in [0.05, 0.1) is 12.2 Å². The lowest BCUT2D eigenvalue weighted by molar-refractivity contribution is -0.142. The molecule has 146 valence electrons. The summed E-state index contributed by atoms with van der Waals surface area (Å²) in [6.07, 6.45) is 4.26. The molecule has 3 aromatic rings. The third kappa shape index (κ3) is 5.12. The van der Waals surface area contributed by atoms with Crippen LogP contribution in [0, 0.1) is 6.92 Å². The van der Waals surface area contributed by atoms with Gasteiger partial charge in [0.15, 0.2) is 5.82 Å². The average molecular weight is 380 g/mol. The first kappa shape index (κ1) is 19.5. The fourth-order valence-corrected chi connectivity index (χ4v) is 2.81. The number of benzene rings is 1. The van der Waals surface area contributed by atoms with Crippen LogP contribution in [0.15, 0.2) is 36.7 Å². The molecule has 1 atom stereocenters. The topological polar surface area (TPSA) is 106 Å². The summed E-state index contributed by atoms with van der Waals surface area (Å²) < 4.78 is 4.90. The molecule has 8 nitrogen and oxygen atoms in total. The number of nitrogens with zero attached hydrogens (tertiary/aromatic N) is 4. The van der Waals surface area contributed by atoms with Gasteiger partial charge in [-0.1, -0.05) is 24.3 Å². The minimum atomic E-state index is -0.344. The lowest BCUT2D eigenvalue weighted by atomic mass is 10.0. The zero-order chi connectivity index (χ0) is 19.9. The van der Waals surface area contributed by atoms with Gasteiger partial charge in [0, 0.05) is 18.4 Å². The molecule has 3 rings (SSSR count). The largest absolute Gasteiger partial charge is 0.466 e. The monoisotopic (exact) mass is 380 g/mol. The standard InChI is InChI=1S/C20H24N6O2/c1-4-28-18(27)10-17-24-19(26-25-17)16-11-21-20(22-12-16)23-14(3)9-15-8-6-5-7-13(15)2/h5-8,11-12,14H,4,9-10H2,1-3H3,(H,21,22,23)(H,24,25,26). The molecule has 0 aliphatic heterocycles. The molecule has 0 aliphatic carbocycles. The Kier molecular flexibility index (Phi) is 6.31. The molecule has 28 heavy (non-hydrogen) atoms. The molecular weight excluding hydrogens is 356 g/mol. The van der Waals surface area contributed by atoms with Crippen LogP contribution in [-0.2, 0) is 22.4 Å². The van der Waals surface area contributed by atoms with Gasteiger partial charge >= 0.3 is 5.97 Å². The first-order chi connectivity index (χ1) is 13.5. The van der Waals surface area contributed by atoms with Gasteiger partial charge in [-0.25, -0.2) is 15.0 Å².